The minimum Gasteiger partial charge on any atom is -0.457 e. The van der Waals surface area contributed by atoms with E-state index in [-0.39, 0.29) is 22.8 Å². The highest BCUT2D eigenvalue weighted by Crippen LogP contribution is 2.24. The molecule has 0 saturated heterocycles. The van der Waals surface area contributed by atoms with E-state index in [1.54, 1.807) is 72.9 Å². The lowest BCUT2D eigenvalue weighted by molar-refractivity contribution is -0.614. The van der Waals surface area contributed by atoms with Gasteiger partial charge in [-0.1, -0.05) is 72.8 Å². The molecule has 7 aromatic carbocycles. The molecule has 14 nitrogen and oxygen atoms in total. The highest BCUT2D eigenvalue weighted by molar-refractivity contribution is 5.96. The van der Waals surface area contributed by atoms with E-state index in [1.165, 1.54) is 21.3 Å². The first-order valence-electron chi connectivity index (χ1n) is 21.7. The second-order valence-corrected chi connectivity index (χ2v) is 16.1. The number of para-hydroxylation sites is 5. The number of nitro benzene ring substituents is 1. The topological polar surface area (TPSA) is 152 Å². The molecule has 6 heterocycles. The molecule has 0 amide bonds. The van der Waals surface area contributed by atoms with Crippen LogP contribution in [0.3, 0.4) is 0 Å². The third-order valence-corrected chi connectivity index (χ3v) is 12.0. The summed E-state index contributed by atoms with van der Waals surface area (Å²) in [4.78, 5) is 48.6. The normalized spacial score (nSPS) is 11.2. The Kier molecular flexibility index (Phi) is 10.3. The first kappa shape index (κ1) is 41.6. The van der Waals surface area contributed by atoms with Crippen LogP contribution >= 0.6 is 0 Å². The van der Waals surface area contributed by atoms with Crippen LogP contribution in [0.4, 0.5) is 5.69 Å². The van der Waals surface area contributed by atoms with Gasteiger partial charge in [-0.2, -0.15) is 46.5 Å². The number of nitriles is 1. The van der Waals surface area contributed by atoms with E-state index in [1.807, 2.05) is 146 Å². The van der Waals surface area contributed by atoms with Gasteiger partial charge >= 0.3 is 17.1 Å². The van der Waals surface area contributed by atoms with Crippen molar-refractivity contribution in [3.8, 4) is 34.6 Å². The van der Waals surface area contributed by atoms with Gasteiger partial charge < -0.3 is 4.74 Å². The molecule has 14 heteroatoms. The molecule has 0 aliphatic carbocycles. The maximum atomic E-state index is 12.9. The molecule has 6 aromatic heterocycles. The second-order valence-electron chi connectivity index (χ2n) is 16.1. The molecule has 0 spiro atoms. The second kappa shape index (κ2) is 17.0. The summed E-state index contributed by atoms with van der Waals surface area (Å²) in [6, 6.07) is 55.9. The molecule has 0 radical (unpaired) electrons. The molecular formula is C55H35N8O6+3. The van der Waals surface area contributed by atoms with E-state index in [2.05, 4.69) is 6.07 Å². The van der Waals surface area contributed by atoms with Crippen molar-refractivity contribution in [2.45, 2.75) is 0 Å². The number of nitro groups is 1. The van der Waals surface area contributed by atoms with Crippen LogP contribution in [0.1, 0.15) is 5.56 Å². The Labute approximate surface area is 389 Å². The first-order chi connectivity index (χ1) is 33.7. The predicted octanol–water partition coefficient (Wildman–Crippen LogP) is 8.07. The van der Waals surface area contributed by atoms with Gasteiger partial charge in [-0.05, 0) is 91.0 Å². The average Bonchev–Trinajstić information content (AvgIpc) is 4.16. The van der Waals surface area contributed by atoms with Crippen LogP contribution in [0.15, 0.2) is 227 Å². The minimum absolute atomic E-state index is 0.0461. The molecule has 0 fully saturated rings. The standard InChI is InChI=1S/C22H15N2O2.C17H10N3O.C16H10N3O3/c25-22-23-14-13-16-5-4-6-17(21(16)23)15-24(22)18-9-11-20(12-10-18)26-19-7-2-1-3-8-19;18-10-13-4-1-2-7-15(13)20-11-14-6-3-5-12-8-9-19(16(12)14)17(20)21;20-16-17-8-7-11-3-1-4-12(15(11)17)10-18(16)13-5-2-6-14(9-13)19(21)22/h1-15H;1-9,11H;1-10H/q3*+1. The van der Waals surface area contributed by atoms with Gasteiger partial charge in [0.1, 0.15) is 66.1 Å². The number of nitrogens with zero attached hydrogens (tertiary/aromatic N) is 8. The van der Waals surface area contributed by atoms with Gasteiger partial charge in [-0.15, -0.1) is 0 Å². The van der Waals surface area contributed by atoms with E-state index in [0.29, 0.717) is 16.9 Å². The van der Waals surface area contributed by atoms with Crippen molar-refractivity contribution < 1.29 is 23.4 Å². The summed E-state index contributed by atoms with van der Waals surface area (Å²) in [7, 11) is 0. The zero-order valence-corrected chi connectivity index (χ0v) is 36.2. The summed E-state index contributed by atoms with van der Waals surface area (Å²) in [6.07, 6.45) is 10.7. The Morgan fingerprint density at radius 1 is 0.464 bits per heavy atom. The first-order valence-corrected chi connectivity index (χ1v) is 21.7. The molecule has 0 N–H and O–H groups in total. The minimum atomic E-state index is -0.472. The van der Waals surface area contributed by atoms with Crippen molar-refractivity contribution in [2.75, 3.05) is 0 Å². The van der Waals surface area contributed by atoms with Crippen molar-refractivity contribution in [1.82, 2.24) is 13.2 Å². The lowest BCUT2D eigenvalue weighted by Crippen LogP contribution is -2.50. The van der Waals surface area contributed by atoms with E-state index in [0.717, 1.165) is 66.1 Å². The van der Waals surface area contributed by atoms with E-state index in [9.17, 15) is 29.8 Å². The molecule has 13 rings (SSSR count). The molecule has 0 aliphatic heterocycles. The van der Waals surface area contributed by atoms with Crippen LogP contribution in [0.5, 0.6) is 11.5 Å². The van der Waals surface area contributed by atoms with Crippen LogP contribution in [0.25, 0.3) is 65.9 Å². The number of hydrogen-bond acceptors (Lipinski definition) is 7. The summed E-state index contributed by atoms with van der Waals surface area (Å²) in [5, 5.41) is 26.1. The molecule has 0 bridgehead atoms. The zero-order valence-electron chi connectivity index (χ0n) is 36.2. The Morgan fingerprint density at radius 3 is 1.45 bits per heavy atom. The fourth-order valence-electron chi connectivity index (χ4n) is 8.76. The number of hydrogen-bond donors (Lipinski definition) is 0. The average molecular weight is 904 g/mol. The van der Waals surface area contributed by atoms with Crippen LogP contribution in [0, 0.1) is 21.4 Å². The predicted molar refractivity (Wildman–Crippen MR) is 260 cm³/mol. The number of rotatable bonds is 6. The highest BCUT2D eigenvalue weighted by Gasteiger charge is 2.22. The van der Waals surface area contributed by atoms with Crippen LogP contribution in [-0.2, 0) is 0 Å². The summed E-state index contributed by atoms with van der Waals surface area (Å²) in [5.41, 5.74) is 4.50. The van der Waals surface area contributed by atoms with Crippen LogP contribution in [0.2, 0.25) is 0 Å². The Balaban J connectivity index is 0.000000114. The zero-order chi connectivity index (χ0) is 47.2. The van der Waals surface area contributed by atoms with Crippen molar-refractivity contribution in [1.29, 1.82) is 5.26 Å². The van der Waals surface area contributed by atoms with Gasteiger partial charge in [-0.25, -0.2) is 0 Å². The molecule has 328 valence electrons. The van der Waals surface area contributed by atoms with Crippen LogP contribution in [-0.4, -0.2) is 18.1 Å². The van der Waals surface area contributed by atoms with E-state index in [4.69, 9.17) is 4.74 Å². The molecule has 0 aliphatic rings. The Bertz CT molecular complexity index is 4300. The maximum absolute atomic E-state index is 12.9. The lowest BCUT2D eigenvalue weighted by atomic mass is 10.1. The molecule has 0 saturated carbocycles. The van der Waals surface area contributed by atoms with Crippen molar-refractivity contribution in [3.05, 3.63) is 260 Å². The summed E-state index contributed by atoms with van der Waals surface area (Å²) >= 11 is 0. The third-order valence-electron chi connectivity index (χ3n) is 12.0. The third kappa shape index (κ3) is 7.44. The number of aromatic nitrogens is 6. The SMILES string of the molecule is N#Cc1ccccc1-[n+]1cc2cccc3ccn(c1=O)c32.O=c1n2ccc3cccc(c[n+]1-c1ccc(Oc4ccccc4)cc1)c32.O=c1n2ccc3cccc(c[n+]1-c1cccc([N+](=O)[O-])c1)c32. The van der Waals surface area contributed by atoms with Crippen LogP contribution < -0.4 is 35.5 Å². The maximum Gasteiger partial charge on any atom is 0.508 e. The summed E-state index contributed by atoms with van der Waals surface area (Å²) in [5.74, 6) is 1.51. The van der Waals surface area contributed by atoms with Gasteiger partial charge in [0.25, 0.3) is 5.69 Å². The fourth-order valence-corrected chi connectivity index (χ4v) is 8.76. The molecule has 0 unspecified atom stereocenters. The van der Waals surface area contributed by atoms with Gasteiger partial charge in [0, 0.05) is 22.2 Å². The Morgan fingerprint density at radius 2 is 0.913 bits per heavy atom. The number of benzene rings is 7. The van der Waals surface area contributed by atoms with Gasteiger partial charge in [-0.3, -0.25) is 10.1 Å². The lowest BCUT2D eigenvalue weighted by Gasteiger charge is -2.06. The van der Waals surface area contributed by atoms with Gasteiger partial charge in [0.2, 0.25) is 0 Å². The van der Waals surface area contributed by atoms with Gasteiger partial charge in [0.05, 0.1) is 32.7 Å². The highest BCUT2D eigenvalue weighted by atomic mass is 16.6. The quantitative estimate of drug-likeness (QED) is 0.0930. The summed E-state index contributed by atoms with van der Waals surface area (Å²) in [6.45, 7) is 0. The largest absolute Gasteiger partial charge is 0.508 e. The fraction of sp³-hybridized carbons (Fsp3) is 0. The Hall–Kier alpha value is -10.1. The van der Waals surface area contributed by atoms with Gasteiger partial charge in [0.15, 0.2) is 22.2 Å². The summed E-state index contributed by atoms with van der Waals surface area (Å²) < 4.78 is 15.3. The molecule has 69 heavy (non-hydrogen) atoms. The van der Waals surface area contributed by atoms with E-state index >= 15 is 0 Å². The number of non-ortho nitro benzene ring substituents is 1. The molecule has 0 atom stereocenters. The van der Waals surface area contributed by atoms with Crippen molar-refractivity contribution >= 4 is 54.6 Å². The smallest absolute Gasteiger partial charge is 0.457 e. The van der Waals surface area contributed by atoms with Crippen molar-refractivity contribution in [3.63, 3.8) is 0 Å². The molecule has 13 aromatic rings. The number of ether oxygens (including phenoxy) is 1. The van der Waals surface area contributed by atoms with E-state index < -0.39 is 4.92 Å². The monoisotopic (exact) mass is 903 g/mol. The van der Waals surface area contributed by atoms with Crippen molar-refractivity contribution in [2.24, 2.45) is 0 Å². The molecular weight excluding hydrogens is 869 g/mol.